The fourth-order valence-electron chi connectivity index (χ4n) is 3.72. The first-order chi connectivity index (χ1) is 11.6. The molecule has 1 nitrogen and oxygen atoms in total. The minimum atomic E-state index is -0.412. The third-order valence-electron chi connectivity index (χ3n) is 5.36. The van der Waals surface area contributed by atoms with E-state index in [4.69, 9.17) is 0 Å². The molecule has 0 saturated carbocycles. The molecule has 1 heteroatoms. The van der Waals surface area contributed by atoms with Crippen molar-refractivity contribution in [1.29, 1.82) is 0 Å². The Bertz CT molecular complexity index is 234. The van der Waals surface area contributed by atoms with Crippen LogP contribution in [0.2, 0.25) is 0 Å². The van der Waals surface area contributed by atoms with Crippen LogP contribution in [-0.4, -0.2) is 10.7 Å². The smallest absolute Gasteiger partial charge is 0.0619 e. The summed E-state index contributed by atoms with van der Waals surface area (Å²) in [7, 11) is 0. The lowest BCUT2D eigenvalue weighted by molar-refractivity contribution is 0.0386. The molecular formula is C23H48O. The van der Waals surface area contributed by atoms with Crippen LogP contribution in [0.1, 0.15) is 143 Å². The third kappa shape index (κ3) is 18.3. The summed E-state index contributed by atoms with van der Waals surface area (Å²) in [4.78, 5) is 0. The molecule has 0 rings (SSSR count). The first-order valence-electron chi connectivity index (χ1n) is 11.3. The van der Waals surface area contributed by atoms with Crippen molar-refractivity contribution in [2.45, 2.75) is 148 Å². The maximum Gasteiger partial charge on any atom is 0.0619 e. The van der Waals surface area contributed by atoms with Gasteiger partial charge in [0.15, 0.2) is 0 Å². The zero-order chi connectivity index (χ0) is 17.9. The van der Waals surface area contributed by atoms with Gasteiger partial charge in [0, 0.05) is 0 Å². The van der Waals surface area contributed by atoms with Crippen molar-refractivity contribution in [1.82, 2.24) is 0 Å². The molecule has 0 aromatic heterocycles. The molecule has 0 amide bonds. The average Bonchev–Trinajstić information content (AvgIpc) is 2.54. The zero-order valence-corrected chi connectivity index (χ0v) is 17.4. The van der Waals surface area contributed by atoms with E-state index in [0.717, 1.165) is 19.3 Å². The fraction of sp³-hybridized carbons (Fsp3) is 1.00. The van der Waals surface area contributed by atoms with Gasteiger partial charge in [-0.3, -0.25) is 0 Å². The maximum atomic E-state index is 10.1. The van der Waals surface area contributed by atoms with E-state index < -0.39 is 5.60 Å². The Labute approximate surface area is 154 Å². The number of unbranched alkanes of at least 4 members (excludes halogenated alkanes) is 15. The summed E-state index contributed by atoms with van der Waals surface area (Å²) in [6.45, 7) is 6.45. The van der Waals surface area contributed by atoms with Crippen molar-refractivity contribution in [3.63, 3.8) is 0 Å². The van der Waals surface area contributed by atoms with Crippen molar-refractivity contribution in [2.75, 3.05) is 0 Å². The average molecular weight is 341 g/mol. The van der Waals surface area contributed by atoms with Crippen LogP contribution in [0.15, 0.2) is 0 Å². The topological polar surface area (TPSA) is 20.2 Å². The third-order valence-corrected chi connectivity index (χ3v) is 5.36. The van der Waals surface area contributed by atoms with Crippen LogP contribution >= 0.6 is 0 Å². The molecule has 0 aromatic carbocycles. The van der Waals surface area contributed by atoms with Gasteiger partial charge in [-0.1, -0.05) is 123 Å². The van der Waals surface area contributed by atoms with Gasteiger partial charge in [-0.2, -0.15) is 0 Å². The van der Waals surface area contributed by atoms with Crippen LogP contribution in [0.5, 0.6) is 0 Å². The number of hydrogen-bond donors (Lipinski definition) is 1. The molecule has 0 aromatic rings. The molecule has 0 spiro atoms. The first-order valence-corrected chi connectivity index (χ1v) is 11.3. The Kier molecular flexibility index (Phi) is 17.7. The van der Waals surface area contributed by atoms with Gasteiger partial charge in [0.25, 0.3) is 0 Å². The molecule has 0 aliphatic carbocycles. The Morgan fingerprint density at radius 3 is 1.12 bits per heavy atom. The van der Waals surface area contributed by atoms with E-state index >= 15 is 0 Å². The van der Waals surface area contributed by atoms with E-state index in [1.165, 1.54) is 103 Å². The van der Waals surface area contributed by atoms with Crippen LogP contribution < -0.4 is 0 Å². The molecule has 1 atom stereocenters. The molecule has 146 valence electrons. The minimum absolute atomic E-state index is 0.412. The lowest BCUT2D eigenvalue weighted by Crippen LogP contribution is -2.23. The highest BCUT2D eigenvalue weighted by Crippen LogP contribution is 2.21. The number of hydrogen-bond acceptors (Lipinski definition) is 1. The fourth-order valence-corrected chi connectivity index (χ4v) is 3.72. The second-order valence-electron chi connectivity index (χ2n) is 8.30. The molecule has 24 heavy (non-hydrogen) atoms. The predicted octanol–water partition coefficient (Wildman–Crippen LogP) is 8.19. The monoisotopic (exact) mass is 340 g/mol. The summed E-state index contributed by atoms with van der Waals surface area (Å²) in [5.74, 6) is 0. The maximum absolute atomic E-state index is 10.1. The Morgan fingerprint density at radius 1 is 0.458 bits per heavy atom. The quantitative estimate of drug-likeness (QED) is 0.235. The molecule has 0 fully saturated rings. The molecular weight excluding hydrogens is 292 g/mol. The summed E-state index contributed by atoms with van der Waals surface area (Å²) in [6.07, 6.45) is 25.6. The summed E-state index contributed by atoms with van der Waals surface area (Å²) in [6, 6.07) is 0. The van der Waals surface area contributed by atoms with Gasteiger partial charge < -0.3 is 5.11 Å². The highest BCUT2D eigenvalue weighted by Gasteiger charge is 2.17. The predicted molar refractivity (Wildman–Crippen MR) is 110 cm³/mol. The summed E-state index contributed by atoms with van der Waals surface area (Å²) in [5, 5.41) is 10.1. The highest BCUT2D eigenvalue weighted by molar-refractivity contribution is 4.71. The van der Waals surface area contributed by atoms with Crippen LogP contribution in [0, 0.1) is 0 Å². The Balaban J connectivity index is 3.10. The van der Waals surface area contributed by atoms with E-state index in [0.29, 0.717) is 0 Å². The normalized spacial score (nSPS) is 14.0. The van der Waals surface area contributed by atoms with E-state index in [1.807, 2.05) is 6.92 Å². The second-order valence-corrected chi connectivity index (χ2v) is 8.30. The van der Waals surface area contributed by atoms with Gasteiger partial charge >= 0.3 is 0 Å². The molecule has 0 aliphatic heterocycles. The molecule has 0 radical (unpaired) electrons. The van der Waals surface area contributed by atoms with Gasteiger partial charge in [0.1, 0.15) is 0 Å². The van der Waals surface area contributed by atoms with Gasteiger partial charge in [-0.05, 0) is 19.8 Å². The van der Waals surface area contributed by atoms with Crippen LogP contribution in [-0.2, 0) is 0 Å². The summed E-state index contributed by atoms with van der Waals surface area (Å²) in [5.41, 5.74) is -0.412. The van der Waals surface area contributed by atoms with Gasteiger partial charge in [0.2, 0.25) is 0 Å². The summed E-state index contributed by atoms with van der Waals surface area (Å²) >= 11 is 0. The Morgan fingerprint density at radius 2 is 0.792 bits per heavy atom. The van der Waals surface area contributed by atoms with E-state index in [9.17, 15) is 5.11 Å². The van der Waals surface area contributed by atoms with Crippen molar-refractivity contribution in [3.05, 3.63) is 0 Å². The van der Waals surface area contributed by atoms with E-state index in [-0.39, 0.29) is 0 Å². The minimum Gasteiger partial charge on any atom is -0.390 e. The van der Waals surface area contributed by atoms with Crippen molar-refractivity contribution in [2.24, 2.45) is 0 Å². The van der Waals surface area contributed by atoms with Gasteiger partial charge in [0.05, 0.1) is 5.60 Å². The van der Waals surface area contributed by atoms with Crippen molar-refractivity contribution < 1.29 is 5.11 Å². The lowest BCUT2D eigenvalue weighted by atomic mass is 9.93. The highest BCUT2D eigenvalue weighted by atomic mass is 16.3. The SMILES string of the molecule is CCCCCCCCCCCCCCCCCCC(C)(O)CCC. The molecule has 0 saturated heterocycles. The van der Waals surface area contributed by atoms with Crippen molar-refractivity contribution >= 4 is 0 Å². The number of rotatable bonds is 19. The van der Waals surface area contributed by atoms with Gasteiger partial charge in [-0.25, -0.2) is 0 Å². The zero-order valence-electron chi connectivity index (χ0n) is 17.4. The first kappa shape index (κ1) is 24.0. The molecule has 0 heterocycles. The molecule has 0 bridgehead atoms. The van der Waals surface area contributed by atoms with E-state index in [1.54, 1.807) is 0 Å². The molecule has 1 N–H and O–H groups in total. The number of aliphatic hydroxyl groups is 1. The standard InChI is InChI=1S/C23H48O/c1-4-6-7-8-9-10-11-12-13-14-15-16-17-18-19-20-22-23(3,24)21-5-2/h24H,4-22H2,1-3H3. The molecule has 0 aliphatic rings. The largest absolute Gasteiger partial charge is 0.390 e. The molecule has 1 unspecified atom stereocenters. The van der Waals surface area contributed by atoms with Crippen LogP contribution in [0.4, 0.5) is 0 Å². The van der Waals surface area contributed by atoms with Crippen LogP contribution in [0.3, 0.4) is 0 Å². The van der Waals surface area contributed by atoms with Crippen molar-refractivity contribution in [3.8, 4) is 0 Å². The van der Waals surface area contributed by atoms with Gasteiger partial charge in [-0.15, -0.1) is 0 Å². The van der Waals surface area contributed by atoms with Crippen LogP contribution in [0.25, 0.3) is 0 Å². The lowest BCUT2D eigenvalue weighted by Gasteiger charge is -2.22. The second kappa shape index (κ2) is 17.8. The Hall–Kier alpha value is -0.0400. The van der Waals surface area contributed by atoms with E-state index in [2.05, 4.69) is 13.8 Å². The summed E-state index contributed by atoms with van der Waals surface area (Å²) < 4.78 is 0.